The molecule has 2 amide bonds. The van der Waals surface area contributed by atoms with E-state index in [1.165, 1.54) is 12.1 Å². The zero-order valence-electron chi connectivity index (χ0n) is 13.4. The van der Waals surface area contributed by atoms with E-state index in [4.69, 9.17) is 28.0 Å². The minimum Gasteiger partial charge on any atom is -0.323 e. The Morgan fingerprint density at radius 3 is 2.19 bits per heavy atom. The van der Waals surface area contributed by atoms with Crippen LogP contribution in [0, 0.1) is 0 Å². The maximum atomic E-state index is 12.4. The standard InChI is InChI=1S/C19H9Cl2NO4S/c20-13-6-5-10(9-14(13)21)15-7-8-16(27-15)19(25)26-22-17(23)11-3-1-2-4-12(11)18(22)24/h1-9H. The topological polar surface area (TPSA) is 63.7 Å². The zero-order chi connectivity index (χ0) is 19.1. The van der Waals surface area contributed by atoms with Crippen molar-refractivity contribution in [3.63, 3.8) is 0 Å². The maximum Gasteiger partial charge on any atom is 0.373 e. The van der Waals surface area contributed by atoms with Crippen LogP contribution in [0.1, 0.15) is 30.4 Å². The number of hydroxylamine groups is 2. The quantitative estimate of drug-likeness (QED) is 0.556. The van der Waals surface area contributed by atoms with Crippen LogP contribution in [0.15, 0.2) is 54.6 Å². The summed E-state index contributed by atoms with van der Waals surface area (Å²) in [5.41, 5.74) is 1.20. The summed E-state index contributed by atoms with van der Waals surface area (Å²) in [7, 11) is 0. The summed E-state index contributed by atoms with van der Waals surface area (Å²) >= 11 is 13.1. The number of imide groups is 1. The average Bonchev–Trinajstić information content (AvgIpc) is 3.25. The summed E-state index contributed by atoms with van der Waals surface area (Å²) in [6.45, 7) is 0. The molecule has 1 aromatic heterocycles. The summed E-state index contributed by atoms with van der Waals surface area (Å²) in [6.07, 6.45) is 0. The van der Waals surface area contributed by atoms with Crippen LogP contribution in [0.2, 0.25) is 10.0 Å². The van der Waals surface area contributed by atoms with Gasteiger partial charge >= 0.3 is 5.97 Å². The predicted molar refractivity (Wildman–Crippen MR) is 102 cm³/mol. The molecule has 2 aromatic carbocycles. The SMILES string of the molecule is O=C(ON1C(=O)c2ccccc2C1=O)c1ccc(-c2ccc(Cl)c(Cl)c2)s1. The lowest BCUT2D eigenvalue weighted by atomic mass is 10.1. The molecule has 0 radical (unpaired) electrons. The minimum absolute atomic E-state index is 0.206. The molecular formula is C19H9Cl2NO4S. The largest absolute Gasteiger partial charge is 0.373 e. The van der Waals surface area contributed by atoms with Gasteiger partial charge in [-0.25, -0.2) is 4.79 Å². The Morgan fingerprint density at radius 1 is 0.889 bits per heavy atom. The fraction of sp³-hybridized carbons (Fsp3) is 0. The first-order chi connectivity index (χ1) is 13.0. The van der Waals surface area contributed by atoms with Gasteiger partial charge in [0.05, 0.1) is 21.2 Å². The molecule has 5 nitrogen and oxygen atoms in total. The van der Waals surface area contributed by atoms with Crippen LogP contribution in [0.4, 0.5) is 0 Å². The first-order valence-corrected chi connectivity index (χ1v) is 9.28. The highest BCUT2D eigenvalue weighted by atomic mass is 35.5. The second-order valence-electron chi connectivity index (χ2n) is 5.62. The van der Waals surface area contributed by atoms with E-state index < -0.39 is 17.8 Å². The van der Waals surface area contributed by atoms with Gasteiger partial charge in [0.2, 0.25) is 0 Å². The fourth-order valence-corrected chi connectivity index (χ4v) is 3.80. The number of halogens is 2. The fourth-order valence-electron chi connectivity index (χ4n) is 2.63. The third-order valence-electron chi connectivity index (χ3n) is 3.94. The molecule has 0 atom stereocenters. The van der Waals surface area contributed by atoms with Crippen LogP contribution in [-0.2, 0) is 4.84 Å². The number of carbonyl (C=O) groups excluding carboxylic acids is 3. The Hall–Kier alpha value is -2.67. The highest BCUT2D eigenvalue weighted by Gasteiger charge is 2.38. The molecule has 27 heavy (non-hydrogen) atoms. The molecule has 0 bridgehead atoms. The van der Waals surface area contributed by atoms with Gasteiger partial charge in [-0.1, -0.05) is 46.5 Å². The Balaban J connectivity index is 1.55. The second-order valence-corrected chi connectivity index (χ2v) is 7.52. The van der Waals surface area contributed by atoms with E-state index in [1.54, 1.807) is 42.5 Å². The first kappa shape index (κ1) is 17.7. The van der Waals surface area contributed by atoms with E-state index in [-0.39, 0.29) is 16.0 Å². The van der Waals surface area contributed by atoms with Crippen molar-refractivity contribution in [2.24, 2.45) is 0 Å². The van der Waals surface area contributed by atoms with Crippen molar-refractivity contribution in [3.05, 3.63) is 80.6 Å². The molecule has 3 aromatic rings. The molecule has 1 aliphatic heterocycles. The summed E-state index contributed by atoms with van der Waals surface area (Å²) < 4.78 is 0. The lowest BCUT2D eigenvalue weighted by Gasteiger charge is -2.11. The number of carbonyl (C=O) groups is 3. The Bertz CT molecular complexity index is 1070. The average molecular weight is 418 g/mol. The monoisotopic (exact) mass is 417 g/mol. The molecule has 8 heteroatoms. The van der Waals surface area contributed by atoms with Gasteiger partial charge in [-0.05, 0) is 42.0 Å². The molecule has 0 saturated heterocycles. The highest BCUT2D eigenvalue weighted by Crippen LogP contribution is 2.33. The van der Waals surface area contributed by atoms with E-state index in [0.717, 1.165) is 21.8 Å². The maximum absolute atomic E-state index is 12.4. The Kier molecular flexibility index (Phi) is 4.47. The third-order valence-corrected chi connectivity index (χ3v) is 5.80. The Morgan fingerprint density at radius 2 is 1.56 bits per heavy atom. The number of fused-ring (bicyclic) bond motifs is 1. The van der Waals surface area contributed by atoms with Crippen molar-refractivity contribution in [2.45, 2.75) is 0 Å². The number of hydrogen-bond donors (Lipinski definition) is 0. The van der Waals surface area contributed by atoms with Gasteiger partial charge in [0.25, 0.3) is 11.8 Å². The Labute approximate surface area is 167 Å². The van der Waals surface area contributed by atoms with Crippen molar-refractivity contribution >= 4 is 52.3 Å². The van der Waals surface area contributed by atoms with Crippen LogP contribution in [0.3, 0.4) is 0 Å². The number of rotatable bonds is 3. The van der Waals surface area contributed by atoms with Gasteiger partial charge in [-0.2, -0.15) is 0 Å². The van der Waals surface area contributed by atoms with Crippen molar-refractivity contribution in [1.82, 2.24) is 5.06 Å². The van der Waals surface area contributed by atoms with Crippen molar-refractivity contribution in [2.75, 3.05) is 0 Å². The van der Waals surface area contributed by atoms with Gasteiger partial charge in [-0.3, -0.25) is 9.59 Å². The molecule has 4 rings (SSSR count). The summed E-state index contributed by atoms with van der Waals surface area (Å²) in [5.74, 6) is -2.11. The molecule has 134 valence electrons. The van der Waals surface area contributed by atoms with E-state index in [2.05, 4.69) is 0 Å². The van der Waals surface area contributed by atoms with Gasteiger partial charge < -0.3 is 4.84 Å². The number of thiophene rings is 1. The molecule has 0 spiro atoms. The number of nitrogens with zero attached hydrogens (tertiary/aromatic N) is 1. The van der Waals surface area contributed by atoms with E-state index in [9.17, 15) is 14.4 Å². The van der Waals surface area contributed by atoms with E-state index in [1.807, 2.05) is 0 Å². The first-order valence-electron chi connectivity index (χ1n) is 7.71. The van der Waals surface area contributed by atoms with Crippen molar-refractivity contribution in [1.29, 1.82) is 0 Å². The van der Waals surface area contributed by atoms with Crippen LogP contribution in [0.5, 0.6) is 0 Å². The van der Waals surface area contributed by atoms with Gasteiger partial charge in [0.1, 0.15) is 4.88 Å². The van der Waals surface area contributed by atoms with E-state index >= 15 is 0 Å². The molecule has 1 aliphatic rings. The smallest absolute Gasteiger partial charge is 0.323 e. The summed E-state index contributed by atoms with van der Waals surface area (Å²) in [6, 6.07) is 14.7. The number of hydrogen-bond acceptors (Lipinski definition) is 5. The van der Waals surface area contributed by atoms with Gasteiger partial charge in [0, 0.05) is 4.88 Å². The molecule has 0 aliphatic carbocycles. The third kappa shape index (κ3) is 3.12. The lowest BCUT2D eigenvalue weighted by Crippen LogP contribution is -2.32. The lowest BCUT2D eigenvalue weighted by molar-refractivity contribution is -0.0581. The van der Waals surface area contributed by atoms with Crippen molar-refractivity contribution in [3.8, 4) is 10.4 Å². The van der Waals surface area contributed by atoms with Crippen LogP contribution in [-0.4, -0.2) is 22.8 Å². The molecule has 0 unspecified atom stereocenters. The summed E-state index contributed by atoms with van der Waals surface area (Å²) in [5, 5.41) is 1.32. The van der Waals surface area contributed by atoms with E-state index in [0.29, 0.717) is 15.1 Å². The van der Waals surface area contributed by atoms with Gasteiger partial charge in [-0.15, -0.1) is 11.3 Å². The molecule has 2 heterocycles. The number of benzene rings is 2. The minimum atomic E-state index is -0.791. The normalized spacial score (nSPS) is 13.0. The number of amides is 2. The van der Waals surface area contributed by atoms with Crippen molar-refractivity contribution < 1.29 is 19.2 Å². The zero-order valence-corrected chi connectivity index (χ0v) is 15.8. The van der Waals surface area contributed by atoms with Crippen LogP contribution < -0.4 is 0 Å². The van der Waals surface area contributed by atoms with Crippen LogP contribution >= 0.6 is 34.5 Å². The molecule has 0 N–H and O–H groups in total. The van der Waals surface area contributed by atoms with Crippen LogP contribution in [0.25, 0.3) is 10.4 Å². The molecule has 0 saturated carbocycles. The predicted octanol–water partition coefficient (Wildman–Crippen LogP) is 5.09. The highest BCUT2D eigenvalue weighted by molar-refractivity contribution is 7.17. The summed E-state index contributed by atoms with van der Waals surface area (Å²) in [4.78, 5) is 43.0. The molecular weight excluding hydrogens is 409 g/mol. The second kappa shape index (κ2) is 6.81. The molecule has 0 fully saturated rings. The van der Waals surface area contributed by atoms with Gasteiger partial charge in [0.15, 0.2) is 0 Å².